The fraction of sp³-hybridized carbons (Fsp3) is 0.500. The minimum Gasteiger partial charge on any atom is -0.398 e. The van der Waals surface area contributed by atoms with E-state index in [0.717, 1.165) is 40.0 Å². The Labute approximate surface area is 126 Å². The molecule has 0 saturated heterocycles. The Hall–Kier alpha value is -1.43. The summed E-state index contributed by atoms with van der Waals surface area (Å²) in [5.74, 6) is 0.822. The van der Waals surface area contributed by atoms with Crippen LogP contribution in [0.3, 0.4) is 0 Å². The summed E-state index contributed by atoms with van der Waals surface area (Å²) in [6, 6.07) is 4.36. The Morgan fingerprint density at radius 1 is 1.25 bits per heavy atom. The number of nitrogens with two attached hydrogens (primary N) is 1. The lowest BCUT2D eigenvalue weighted by atomic mass is 9.95. The number of anilines is 1. The smallest absolute Gasteiger partial charge is 0.182 e. The first-order chi connectivity index (χ1) is 9.66. The van der Waals surface area contributed by atoms with Crippen molar-refractivity contribution in [3.63, 3.8) is 0 Å². The molecule has 2 N–H and O–H groups in total. The number of hydrogen-bond acceptors (Lipinski definition) is 4. The molecule has 1 saturated carbocycles. The lowest BCUT2D eigenvalue weighted by Gasteiger charge is -2.22. The van der Waals surface area contributed by atoms with E-state index < -0.39 is 0 Å². The molecule has 0 amide bonds. The third-order valence-electron chi connectivity index (χ3n) is 4.07. The van der Waals surface area contributed by atoms with Gasteiger partial charge in [0.15, 0.2) is 5.82 Å². The predicted octanol–water partition coefficient (Wildman–Crippen LogP) is 3.50. The van der Waals surface area contributed by atoms with Gasteiger partial charge >= 0.3 is 0 Å². The van der Waals surface area contributed by atoms with Crippen molar-refractivity contribution in [1.29, 1.82) is 0 Å². The molecule has 1 fully saturated rings. The van der Waals surface area contributed by atoms with Crippen LogP contribution in [0.2, 0.25) is 0 Å². The molecule has 0 spiro atoms. The Bertz CT molecular complexity index is 616. The average Bonchev–Trinajstić information content (AvgIpc) is 2.93. The van der Waals surface area contributed by atoms with Crippen LogP contribution in [0, 0.1) is 6.92 Å². The summed E-state index contributed by atoms with van der Waals surface area (Å²) in [6.07, 6.45) is 6.13. The maximum atomic E-state index is 6.05. The van der Waals surface area contributed by atoms with Gasteiger partial charge in [-0.1, -0.05) is 35.2 Å². The zero-order valence-electron chi connectivity index (χ0n) is 11.5. The third kappa shape index (κ3) is 2.44. The Morgan fingerprint density at radius 3 is 2.75 bits per heavy atom. The van der Waals surface area contributed by atoms with Crippen LogP contribution in [-0.2, 0) is 0 Å². The van der Waals surface area contributed by atoms with Crippen LogP contribution >= 0.6 is 15.9 Å². The normalized spacial score (nSPS) is 16.5. The van der Waals surface area contributed by atoms with E-state index in [9.17, 15) is 0 Å². The molecule has 1 aromatic heterocycles. The second-order valence-corrected chi connectivity index (χ2v) is 6.32. The molecule has 0 bridgehead atoms. The topological polar surface area (TPSA) is 69.6 Å². The number of halogens is 1. The largest absolute Gasteiger partial charge is 0.398 e. The fourth-order valence-corrected chi connectivity index (χ4v) is 3.35. The molecule has 5 nitrogen and oxygen atoms in total. The second kappa shape index (κ2) is 5.52. The van der Waals surface area contributed by atoms with Crippen LogP contribution in [-0.4, -0.2) is 20.2 Å². The number of benzene rings is 1. The number of nitrogen functional groups attached to an aromatic ring is 1. The summed E-state index contributed by atoms with van der Waals surface area (Å²) >= 11 is 3.50. The number of aromatic nitrogens is 4. The number of tetrazole rings is 1. The maximum Gasteiger partial charge on any atom is 0.182 e. The molecule has 20 heavy (non-hydrogen) atoms. The van der Waals surface area contributed by atoms with Crippen LogP contribution in [0.25, 0.3) is 11.4 Å². The molecule has 6 heteroatoms. The van der Waals surface area contributed by atoms with Crippen molar-refractivity contribution in [3.05, 3.63) is 22.2 Å². The highest BCUT2D eigenvalue weighted by Gasteiger charge is 2.22. The molecule has 2 aromatic rings. The van der Waals surface area contributed by atoms with Gasteiger partial charge in [0, 0.05) is 15.7 Å². The van der Waals surface area contributed by atoms with Gasteiger partial charge in [-0.05, 0) is 47.9 Å². The predicted molar refractivity (Wildman–Crippen MR) is 82.2 cm³/mol. The summed E-state index contributed by atoms with van der Waals surface area (Å²) in [5, 5.41) is 12.3. The lowest BCUT2D eigenvalue weighted by molar-refractivity contribution is 0.327. The zero-order valence-corrected chi connectivity index (χ0v) is 13.1. The molecule has 0 unspecified atom stereocenters. The van der Waals surface area contributed by atoms with E-state index in [1.54, 1.807) is 0 Å². The molecule has 1 aliphatic carbocycles. The molecular weight excluding hydrogens is 318 g/mol. The minimum atomic E-state index is 0.411. The summed E-state index contributed by atoms with van der Waals surface area (Å²) < 4.78 is 2.93. The Morgan fingerprint density at radius 2 is 2.00 bits per heavy atom. The molecule has 0 atom stereocenters. The SMILES string of the molecule is Cc1c(N)cc(Br)cc1-c1nnnn1C1CCCCC1. The van der Waals surface area contributed by atoms with E-state index >= 15 is 0 Å². The van der Waals surface area contributed by atoms with E-state index in [-0.39, 0.29) is 0 Å². The number of nitrogens with zero attached hydrogens (tertiary/aromatic N) is 4. The third-order valence-corrected chi connectivity index (χ3v) is 4.52. The van der Waals surface area contributed by atoms with E-state index in [1.165, 1.54) is 19.3 Å². The molecule has 0 aliphatic heterocycles. The highest BCUT2D eigenvalue weighted by molar-refractivity contribution is 9.10. The van der Waals surface area contributed by atoms with Gasteiger partial charge in [-0.25, -0.2) is 4.68 Å². The van der Waals surface area contributed by atoms with Crippen molar-refractivity contribution in [3.8, 4) is 11.4 Å². The van der Waals surface area contributed by atoms with E-state index in [0.29, 0.717) is 6.04 Å². The van der Waals surface area contributed by atoms with Crippen LogP contribution in [0.15, 0.2) is 16.6 Å². The van der Waals surface area contributed by atoms with E-state index in [2.05, 4.69) is 31.5 Å². The molecule has 3 rings (SSSR count). The summed E-state index contributed by atoms with van der Waals surface area (Å²) in [5.41, 5.74) is 8.84. The monoisotopic (exact) mass is 335 g/mol. The zero-order chi connectivity index (χ0) is 14.1. The van der Waals surface area contributed by atoms with Gasteiger partial charge in [0.25, 0.3) is 0 Å². The van der Waals surface area contributed by atoms with Gasteiger partial charge in [-0.3, -0.25) is 0 Å². The summed E-state index contributed by atoms with van der Waals surface area (Å²) in [7, 11) is 0. The standard InChI is InChI=1S/C14H18BrN5/c1-9-12(7-10(15)8-13(9)16)14-17-18-19-20(14)11-5-3-2-4-6-11/h7-8,11H,2-6,16H2,1H3. The molecule has 1 aliphatic rings. The lowest BCUT2D eigenvalue weighted by Crippen LogP contribution is -2.15. The highest BCUT2D eigenvalue weighted by atomic mass is 79.9. The van der Waals surface area contributed by atoms with Gasteiger partial charge < -0.3 is 5.73 Å². The molecule has 1 aromatic carbocycles. The van der Waals surface area contributed by atoms with E-state index in [1.807, 2.05) is 23.7 Å². The van der Waals surface area contributed by atoms with Crippen LogP contribution in [0.4, 0.5) is 5.69 Å². The average molecular weight is 336 g/mol. The van der Waals surface area contributed by atoms with Crippen molar-refractivity contribution in [2.75, 3.05) is 5.73 Å². The molecular formula is C14H18BrN5. The second-order valence-electron chi connectivity index (χ2n) is 5.41. The van der Waals surface area contributed by atoms with Crippen molar-refractivity contribution in [1.82, 2.24) is 20.2 Å². The number of rotatable bonds is 2. The first-order valence-corrected chi connectivity index (χ1v) is 7.80. The van der Waals surface area contributed by atoms with Crippen molar-refractivity contribution in [2.24, 2.45) is 0 Å². The Kier molecular flexibility index (Phi) is 3.74. The van der Waals surface area contributed by atoms with Gasteiger partial charge in [0.1, 0.15) is 0 Å². The quantitative estimate of drug-likeness (QED) is 0.852. The molecule has 106 valence electrons. The first-order valence-electron chi connectivity index (χ1n) is 7.00. The maximum absolute atomic E-state index is 6.05. The van der Waals surface area contributed by atoms with Gasteiger partial charge in [-0.15, -0.1) is 5.10 Å². The van der Waals surface area contributed by atoms with Gasteiger partial charge in [0.05, 0.1) is 6.04 Å². The van der Waals surface area contributed by atoms with Crippen molar-refractivity contribution < 1.29 is 0 Å². The summed E-state index contributed by atoms with van der Waals surface area (Å²) in [6.45, 7) is 2.01. The van der Waals surface area contributed by atoms with Gasteiger partial charge in [0.2, 0.25) is 0 Å². The van der Waals surface area contributed by atoms with Crippen molar-refractivity contribution in [2.45, 2.75) is 45.1 Å². The van der Waals surface area contributed by atoms with Gasteiger partial charge in [-0.2, -0.15) is 0 Å². The highest BCUT2D eigenvalue weighted by Crippen LogP contribution is 2.34. The fourth-order valence-electron chi connectivity index (χ4n) is 2.87. The van der Waals surface area contributed by atoms with E-state index in [4.69, 9.17) is 5.73 Å². The van der Waals surface area contributed by atoms with Crippen LogP contribution in [0.1, 0.15) is 43.7 Å². The minimum absolute atomic E-state index is 0.411. The van der Waals surface area contributed by atoms with Crippen molar-refractivity contribution >= 4 is 21.6 Å². The molecule has 1 heterocycles. The Balaban J connectivity index is 2.05. The van der Waals surface area contributed by atoms with Crippen LogP contribution < -0.4 is 5.73 Å². The number of hydrogen-bond donors (Lipinski definition) is 1. The summed E-state index contributed by atoms with van der Waals surface area (Å²) in [4.78, 5) is 0. The first kappa shape index (κ1) is 13.5. The van der Waals surface area contributed by atoms with Crippen LogP contribution in [0.5, 0.6) is 0 Å². The molecule has 0 radical (unpaired) electrons.